The molecule has 1 fully saturated rings. The van der Waals surface area contributed by atoms with Crippen molar-refractivity contribution >= 4 is 34.9 Å². The minimum Gasteiger partial charge on any atom is -0.392 e. The Morgan fingerprint density at radius 3 is 2.62 bits per heavy atom. The monoisotopic (exact) mass is 260 g/mol. The Labute approximate surface area is 107 Å². The molecule has 0 aliphatic heterocycles. The number of thioether (sulfide) groups is 1. The summed E-state index contributed by atoms with van der Waals surface area (Å²) >= 11 is 6.61. The summed E-state index contributed by atoms with van der Waals surface area (Å²) in [4.78, 5) is 14.3. The molecule has 0 bridgehead atoms. The fraction of sp³-hybridized carbons (Fsp3) is 0.818. The molecule has 5 heteroatoms. The SMILES string of the molecule is CSCCC(=O)N(CC(N)=S)C1CCCC1. The first-order valence-corrected chi connectivity index (χ1v) is 7.52. The van der Waals surface area contributed by atoms with E-state index in [1.165, 1.54) is 12.8 Å². The molecule has 0 atom stereocenters. The maximum atomic E-state index is 12.0. The molecule has 1 aliphatic carbocycles. The van der Waals surface area contributed by atoms with Gasteiger partial charge in [-0.2, -0.15) is 11.8 Å². The van der Waals surface area contributed by atoms with Crippen LogP contribution >= 0.6 is 24.0 Å². The van der Waals surface area contributed by atoms with Crippen LogP contribution in [0.3, 0.4) is 0 Å². The Bertz CT molecular complexity index is 252. The van der Waals surface area contributed by atoms with Crippen LogP contribution in [0.25, 0.3) is 0 Å². The third-order valence-corrected chi connectivity index (χ3v) is 3.67. The molecule has 16 heavy (non-hydrogen) atoms. The predicted octanol–water partition coefficient (Wildman–Crippen LogP) is 1.80. The van der Waals surface area contributed by atoms with E-state index in [4.69, 9.17) is 18.0 Å². The summed E-state index contributed by atoms with van der Waals surface area (Å²) in [6, 6.07) is 0.371. The molecule has 0 radical (unpaired) electrons. The second kappa shape index (κ2) is 7.12. The standard InChI is InChI=1S/C11H20N2OS2/c1-16-7-6-11(14)13(8-10(12)15)9-4-2-3-5-9/h9H,2-8H2,1H3,(H2,12,15). The lowest BCUT2D eigenvalue weighted by molar-refractivity contribution is -0.132. The molecular formula is C11H20N2OS2. The van der Waals surface area contributed by atoms with Crippen LogP contribution in [0.1, 0.15) is 32.1 Å². The average Bonchev–Trinajstić information content (AvgIpc) is 2.75. The van der Waals surface area contributed by atoms with Crippen LogP contribution < -0.4 is 5.73 Å². The zero-order chi connectivity index (χ0) is 12.0. The first-order valence-electron chi connectivity index (χ1n) is 5.72. The van der Waals surface area contributed by atoms with Crippen LogP contribution in [-0.2, 0) is 4.79 Å². The van der Waals surface area contributed by atoms with Crippen molar-refractivity contribution in [2.24, 2.45) is 5.73 Å². The van der Waals surface area contributed by atoms with E-state index in [1.54, 1.807) is 11.8 Å². The summed E-state index contributed by atoms with van der Waals surface area (Å²) in [7, 11) is 0. The van der Waals surface area contributed by atoms with Gasteiger partial charge in [0.05, 0.1) is 11.5 Å². The van der Waals surface area contributed by atoms with Crippen molar-refractivity contribution < 1.29 is 4.79 Å². The van der Waals surface area contributed by atoms with Crippen molar-refractivity contribution in [3.63, 3.8) is 0 Å². The third kappa shape index (κ3) is 4.29. The molecule has 2 N–H and O–H groups in total. The van der Waals surface area contributed by atoms with E-state index in [0.29, 0.717) is 24.0 Å². The Hall–Kier alpha value is -0.290. The van der Waals surface area contributed by atoms with Crippen molar-refractivity contribution in [3.05, 3.63) is 0 Å². The molecule has 0 spiro atoms. The topological polar surface area (TPSA) is 46.3 Å². The molecule has 0 aromatic carbocycles. The van der Waals surface area contributed by atoms with Crippen molar-refractivity contribution in [2.75, 3.05) is 18.6 Å². The number of nitrogens with two attached hydrogens (primary N) is 1. The van der Waals surface area contributed by atoms with Crippen molar-refractivity contribution in [1.82, 2.24) is 4.90 Å². The summed E-state index contributed by atoms with van der Waals surface area (Å²) in [6.07, 6.45) is 7.25. The van der Waals surface area contributed by atoms with Gasteiger partial charge in [-0.05, 0) is 19.1 Å². The molecule has 0 heterocycles. The van der Waals surface area contributed by atoms with E-state index < -0.39 is 0 Å². The lowest BCUT2D eigenvalue weighted by atomic mass is 10.2. The average molecular weight is 260 g/mol. The third-order valence-electron chi connectivity index (χ3n) is 2.93. The Morgan fingerprint density at radius 2 is 2.12 bits per heavy atom. The molecule has 0 unspecified atom stereocenters. The first-order chi connectivity index (χ1) is 7.65. The number of nitrogens with zero attached hydrogens (tertiary/aromatic N) is 1. The molecule has 1 saturated carbocycles. The van der Waals surface area contributed by atoms with E-state index >= 15 is 0 Å². The van der Waals surface area contributed by atoms with Gasteiger partial charge in [-0.15, -0.1) is 0 Å². The molecule has 1 rings (SSSR count). The summed E-state index contributed by atoms with van der Waals surface area (Å²) in [5.41, 5.74) is 5.56. The predicted molar refractivity (Wildman–Crippen MR) is 73.8 cm³/mol. The quantitative estimate of drug-likeness (QED) is 0.740. The summed E-state index contributed by atoms with van der Waals surface area (Å²) in [6.45, 7) is 0.452. The van der Waals surface area contributed by atoms with E-state index in [1.807, 2.05) is 11.2 Å². The Kier molecular flexibility index (Phi) is 6.13. The lowest BCUT2D eigenvalue weighted by Crippen LogP contribution is -2.43. The minimum atomic E-state index is 0.203. The fourth-order valence-electron chi connectivity index (χ4n) is 2.14. The zero-order valence-corrected chi connectivity index (χ0v) is 11.4. The number of hydrogen-bond acceptors (Lipinski definition) is 3. The number of hydrogen-bond donors (Lipinski definition) is 1. The number of carbonyl (C=O) groups excluding carboxylic acids is 1. The zero-order valence-electron chi connectivity index (χ0n) is 9.78. The number of carbonyl (C=O) groups is 1. The molecule has 1 amide bonds. The van der Waals surface area contributed by atoms with Gasteiger partial charge in [0.1, 0.15) is 0 Å². The van der Waals surface area contributed by atoms with Gasteiger partial charge in [-0.25, -0.2) is 0 Å². The summed E-state index contributed by atoms with van der Waals surface area (Å²) < 4.78 is 0. The van der Waals surface area contributed by atoms with Crippen LogP contribution in [0.15, 0.2) is 0 Å². The van der Waals surface area contributed by atoms with E-state index in [9.17, 15) is 4.79 Å². The second-order valence-electron chi connectivity index (χ2n) is 4.17. The van der Waals surface area contributed by atoms with Gasteiger partial charge in [-0.3, -0.25) is 4.79 Å². The molecule has 3 nitrogen and oxygen atoms in total. The molecule has 92 valence electrons. The number of amides is 1. The first kappa shape index (κ1) is 13.8. The van der Waals surface area contributed by atoms with Gasteiger partial charge in [0.15, 0.2) is 0 Å². The highest BCUT2D eigenvalue weighted by molar-refractivity contribution is 7.98. The maximum Gasteiger partial charge on any atom is 0.224 e. The highest BCUT2D eigenvalue weighted by Gasteiger charge is 2.26. The lowest BCUT2D eigenvalue weighted by Gasteiger charge is -2.28. The second-order valence-corrected chi connectivity index (χ2v) is 5.68. The van der Waals surface area contributed by atoms with E-state index in [-0.39, 0.29) is 5.91 Å². The maximum absolute atomic E-state index is 12.0. The summed E-state index contributed by atoms with van der Waals surface area (Å²) in [5, 5.41) is 0. The van der Waals surface area contributed by atoms with Gasteiger partial charge in [-0.1, -0.05) is 25.1 Å². The van der Waals surface area contributed by atoms with E-state index in [0.717, 1.165) is 18.6 Å². The van der Waals surface area contributed by atoms with Crippen LogP contribution in [-0.4, -0.2) is 40.4 Å². The molecule has 0 saturated heterocycles. The van der Waals surface area contributed by atoms with Crippen LogP contribution in [0.4, 0.5) is 0 Å². The van der Waals surface area contributed by atoms with Gasteiger partial charge < -0.3 is 10.6 Å². The van der Waals surface area contributed by atoms with Crippen molar-refractivity contribution in [2.45, 2.75) is 38.1 Å². The highest BCUT2D eigenvalue weighted by atomic mass is 32.2. The normalized spacial score (nSPS) is 16.3. The number of thiocarbonyl (C=S) groups is 1. The van der Waals surface area contributed by atoms with Crippen molar-refractivity contribution in [3.8, 4) is 0 Å². The van der Waals surface area contributed by atoms with Gasteiger partial charge in [0.25, 0.3) is 0 Å². The van der Waals surface area contributed by atoms with Crippen LogP contribution in [0.5, 0.6) is 0 Å². The largest absolute Gasteiger partial charge is 0.392 e. The van der Waals surface area contributed by atoms with Crippen molar-refractivity contribution in [1.29, 1.82) is 0 Å². The minimum absolute atomic E-state index is 0.203. The molecule has 0 aromatic heterocycles. The molecule has 0 aromatic rings. The van der Waals surface area contributed by atoms with E-state index in [2.05, 4.69) is 0 Å². The molecular weight excluding hydrogens is 240 g/mol. The Morgan fingerprint density at radius 1 is 1.50 bits per heavy atom. The number of rotatable bonds is 6. The highest BCUT2D eigenvalue weighted by Crippen LogP contribution is 2.24. The summed E-state index contributed by atoms with van der Waals surface area (Å²) in [5.74, 6) is 1.08. The fourth-order valence-corrected chi connectivity index (χ4v) is 2.66. The molecule has 1 aliphatic rings. The smallest absolute Gasteiger partial charge is 0.224 e. The Balaban J connectivity index is 2.54. The van der Waals surface area contributed by atoms with Gasteiger partial charge in [0, 0.05) is 18.2 Å². The van der Waals surface area contributed by atoms with Gasteiger partial charge >= 0.3 is 0 Å². The van der Waals surface area contributed by atoms with Crippen LogP contribution in [0, 0.1) is 0 Å². The van der Waals surface area contributed by atoms with Crippen LogP contribution in [0.2, 0.25) is 0 Å². The van der Waals surface area contributed by atoms with Gasteiger partial charge in [0.2, 0.25) is 5.91 Å².